The first-order valence-electron chi connectivity index (χ1n) is 4.88. The first kappa shape index (κ1) is 13.9. The van der Waals surface area contributed by atoms with Crippen molar-refractivity contribution in [1.29, 1.82) is 0 Å². The fourth-order valence-corrected chi connectivity index (χ4v) is 1.33. The Bertz CT molecular complexity index is 392. The van der Waals surface area contributed by atoms with Gasteiger partial charge in [0.15, 0.2) is 0 Å². The predicted octanol–water partition coefficient (Wildman–Crippen LogP) is 2.36. The fourth-order valence-electron chi connectivity index (χ4n) is 1.20. The van der Waals surface area contributed by atoms with E-state index in [1.807, 2.05) is 0 Å². The normalized spacial score (nSPS) is 13.2. The minimum atomic E-state index is -3.71. The first-order valence-corrected chi connectivity index (χ1v) is 5.26. The summed E-state index contributed by atoms with van der Waals surface area (Å²) in [6.45, 7) is 1.39. The van der Waals surface area contributed by atoms with Gasteiger partial charge in [-0.2, -0.15) is 8.78 Å². The summed E-state index contributed by atoms with van der Waals surface area (Å²) >= 11 is 5.55. The lowest BCUT2D eigenvalue weighted by atomic mass is 10.0. The third-order valence-electron chi connectivity index (χ3n) is 2.08. The summed E-state index contributed by atoms with van der Waals surface area (Å²) in [6.07, 6.45) is -2.52. The van der Waals surface area contributed by atoms with Crippen molar-refractivity contribution in [2.45, 2.75) is 19.0 Å². The van der Waals surface area contributed by atoms with Crippen LogP contribution < -0.4 is 0 Å². The Morgan fingerprint density at radius 3 is 2.47 bits per heavy atom. The van der Waals surface area contributed by atoms with Crippen molar-refractivity contribution in [3.05, 3.63) is 34.9 Å². The lowest BCUT2D eigenvalue weighted by molar-refractivity contribution is -0.178. The van der Waals surface area contributed by atoms with E-state index in [0.29, 0.717) is 0 Å². The molecule has 0 radical (unpaired) electrons. The van der Waals surface area contributed by atoms with Crippen molar-refractivity contribution in [1.82, 2.24) is 0 Å². The number of aliphatic hydroxyl groups is 1. The van der Waals surface area contributed by atoms with E-state index in [4.69, 9.17) is 11.6 Å². The minimum Gasteiger partial charge on any atom is -0.464 e. The second-order valence-corrected chi connectivity index (χ2v) is 3.72. The van der Waals surface area contributed by atoms with Gasteiger partial charge in [-0.25, -0.2) is 4.79 Å². The topological polar surface area (TPSA) is 46.5 Å². The molecule has 1 aromatic carbocycles. The van der Waals surface area contributed by atoms with Crippen LogP contribution in [0.15, 0.2) is 24.3 Å². The minimum absolute atomic E-state index is 0.0768. The number of carbonyl (C=O) groups is 1. The fraction of sp³-hybridized carbons (Fsp3) is 0.364. The lowest BCUT2D eigenvalue weighted by Crippen LogP contribution is -2.39. The van der Waals surface area contributed by atoms with Gasteiger partial charge in [-0.1, -0.05) is 23.7 Å². The van der Waals surface area contributed by atoms with Crippen molar-refractivity contribution < 1.29 is 23.4 Å². The maximum atomic E-state index is 13.7. The molecule has 0 saturated heterocycles. The van der Waals surface area contributed by atoms with Crippen LogP contribution in [-0.2, 0) is 15.5 Å². The number of esters is 1. The number of ether oxygens (including phenoxy) is 1. The summed E-state index contributed by atoms with van der Waals surface area (Å²) in [7, 11) is 0. The van der Waals surface area contributed by atoms with Crippen LogP contribution in [0.2, 0.25) is 5.02 Å². The van der Waals surface area contributed by atoms with Crippen molar-refractivity contribution in [2.24, 2.45) is 0 Å². The number of carbonyl (C=O) groups excluding carboxylic acids is 1. The molecule has 0 aliphatic rings. The Morgan fingerprint density at radius 2 is 2.00 bits per heavy atom. The Kier molecular flexibility index (Phi) is 4.42. The summed E-state index contributed by atoms with van der Waals surface area (Å²) in [5, 5.41) is 9.53. The van der Waals surface area contributed by atoms with Gasteiger partial charge in [0.2, 0.25) is 6.10 Å². The average Bonchev–Trinajstić information content (AvgIpc) is 2.29. The smallest absolute Gasteiger partial charge is 0.341 e. The highest BCUT2D eigenvalue weighted by Crippen LogP contribution is 2.33. The number of halogens is 3. The molecule has 1 unspecified atom stereocenters. The van der Waals surface area contributed by atoms with E-state index in [9.17, 15) is 18.7 Å². The Labute approximate surface area is 102 Å². The van der Waals surface area contributed by atoms with E-state index in [-0.39, 0.29) is 11.6 Å². The van der Waals surface area contributed by atoms with E-state index in [1.165, 1.54) is 19.1 Å². The van der Waals surface area contributed by atoms with Gasteiger partial charge in [-0.05, 0) is 19.1 Å². The predicted molar refractivity (Wildman–Crippen MR) is 58.0 cm³/mol. The quantitative estimate of drug-likeness (QED) is 0.849. The molecular weight excluding hydrogens is 254 g/mol. The molecule has 0 aliphatic carbocycles. The van der Waals surface area contributed by atoms with Gasteiger partial charge < -0.3 is 9.84 Å². The molecule has 1 N–H and O–H groups in total. The van der Waals surface area contributed by atoms with E-state index >= 15 is 0 Å². The molecule has 1 aromatic rings. The molecular formula is C11H11ClF2O3. The number of benzene rings is 1. The van der Waals surface area contributed by atoms with Crippen molar-refractivity contribution in [3.63, 3.8) is 0 Å². The maximum absolute atomic E-state index is 13.7. The number of aliphatic hydroxyl groups excluding tert-OH is 1. The van der Waals surface area contributed by atoms with Crippen LogP contribution in [0.3, 0.4) is 0 Å². The molecule has 0 saturated carbocycles. The summed E-state index contributed by atoms with van der Waals surface area (Å²) in [4.78, 5) is 11.1. The van der Waals surface area contributed by atoms with Crippen LogP contribution in [0.1, 0.15) is 12.5 Å². The van der Waals surface area contributed by atoms with E-state index in [0.717, 1.165) is 12.1 Å². The van der Waals surface area contributed by atoms with Crippen molar-refractivity contribution >= 4 is 17.6 Å². The van der Waals surface area contributed by atoms with E-state index in [1.54, 1.807) is 0 Å². The van der Waals surface area contributed by atoms with E-state index in [2.05, 4.69) is 4.74 Å². The van der Waals surface area contributed by atoms with Crippen molar-refractivity contribution in [3.8, 4) is 0 Å². The highest BCUT2D eigenvalue weighted by molar-refractivity contribution is 6.30. The van der Waals surface area contributed by atoms with Crippen LogP contribution in [0.4, 0.5) is 8.78 Å². The molecule has 1 atom stereocenters. The number of hydrogen-bond acceptors (Lipinski definition) is 3. The molecule has 1 rings (SSSR count). The molecule has 0 bridgehead atoms. The molecule has 94 valence electrons. The standard InChI is InChI=1S/C11H11ClF2O3/c1-2-17-10(16)9(15)11(13,14)7-3-5-8(12)6-4-7/h3-6,9,15H,2H2,1H3. The number of rotatable bonds is 4. The highest BCUT2D eigenvalue weighted by atomic mass is 35.5. The molecule has 6 heteroatoms. The molecule has 0 amide bonds. The Balaban J connectivity index is 2.93. The second-order valence-electron chi connectivity index (χ2n) is 3.28. The SMILES string of the molecule is CCOC(=O)C(O)C(F)(F)c1ccc(Cl)cc1. The van der Waals surface area contributed by atoms with Crippen molar-refractivity contribution in [2.75, 3.05) is 6.61 Å². The van der Waals surface area contributed by atoms with Crippen LogP contribution in [0, 0.1) is 0 Å². The largest absolute Gasteiger partial charge is 0.464 e. The van der Waals surface area contributed by atoms with Gasteiger partial charge in [-0.15, -0.1) is 0 Å². The van der Waals surface area contributed by atoms with Crippen LogP contribution >= 0.6 is 11.6 Å². The van der Waals surface area contributed by atoms with Gasteiger partial charge >= 0.3 is 11.9 Å². The van der Waals surface area contributed by atoms with Gasteiger partial charge in [0.25, 0.3) is 0 Å². The first-order chi connectivity index (χ1) is 7.89. The van der Waals surface area contributed by atoms with Crippen LogP contribution in [0.5, 0.6) is 0 Å². The van der Waals surface area contributed by atoms with Crippen LogP contribution in [-0.4, -0.2) is 23.8 Å². The maximum Gasteiger partial charge on any atom is 0.341 e. The molecule has 0 heterocycles. The zero-order valence-electron chi connectivity index (χ0n) is 8.99. The zero-order chi connectivity index (χ0) is 13.1. The third kappa shape index (κ3) is 3.14. The molecule has 0 fully saturated rings. The average molecular weight is 265 g/mol. The number of hydrogen-bond donors (Lipinski definition) is 1. The van der Waals surface area contributed by atoms with Gasteiger partial charge in [0.05, 0.1) is 6.61 Å². The number of alkyl halides is 2. The monoisotopic (exact) mass is 264 g/mol. The molecule has 0 aromatic heterocycles. The summed E-state index contributed by atoms with van der Waals surface area (Å²) in [5.74, 6) is -5.07. The van der Waals surface area contributed by atoms with Gasteiger partial charge in [-0.3, -0.25) is 0 Å². The summed E-state index contributed by atoms with van der Waals surface area (Å²) in [5.41, 5.74) is -0.498. The molecule has 0 spiro atoms. The Hall–Kier alpha value is -1.20. The third-order valence-corrected chi connectivity index (χ3v) is 2.33. The zero-order valence-corrected chi connectivity index (χ0v) is 9.75. The lowest BCUT2D eigenvalue weighted by Gasteiger charge is -2.21. The second kappa shape index (κ2) is 5.42. The van der Waals surface area contributed by atoms with E-state index < -0.39 is 23.6 Å². The summed E-state index contributed by atoms with van der Waals surface area (Å²) < 4.78 is 31.7. The molecule has 3 nitrogen and oxygen atoms in total. The Morgan fingerprint density at radius 1 is 1.47 bits per heavy atom. The van der Waals surface area contributed by atoms with Crippen LogP contribution in [0.25, 0.3) is 0 Å². The van der Waals surface area contributed by atoms with Gasteiger partial charge in [0.1, 0.15) is 0 Å². The molecule has 17 heavy (non-hydrogen) atoms. The highest BCUT2D eigenvalue weighted by Gasteiger charge is 2.45. The van der Waals surface area contributed by atoms with Gasteiger partial charge in [0, 0.05) is 10.6 Å². The summed E-state index contributed by atoms with van der Waals surface area (Å²) in [6, 6.07) is 4.60. The molecule has 0 aliphatic heterocycles.